The Bertz CT molecular complexity index is 655. The third-order valence-corrected chi connectivity index (χ3v) is 5.18. The second-order valence-corrected chi connectivity index (χ2v) is 7.59. The minimum absolute atomic E-state index is 0.0821. The number of sulfonamides is 1. The molecule has 1 aromatic rings. The number of amides is 1. The molecule has 1 saturated heterocycles. The summed E-state index contributed by atoms with van der Waals surface area (Å²) in [7, 11) is -1.59. The molecule has 0 radical (unpaired) electrons. The van der Waals surface area contributed by atoms with Crippen molar-refractivity contribution < 1.29 is 17.9 Å². The first-order valence-electron chi connectivity index (χ1n) is 6.94. The standard InChI is InChI=1S/C14H19ClN2O4S/c1-16-14(18)10-3-4-13(12(15)9-10)21-11-5-7-17(8-6-11)22(2,19)20/h3-4,9,11H,5-8H2,1-2H3,(H,16,18). The molecule has 122 valence electrons. The molecular formula is C14H19ClN2O4S. The molecular weight excluding hydrogens is 328 g/mol. The average molecular weight is 347 g/mol. The monoisotopic (exact) mass is 346 g/mol. The van der Waals surface area contributed by atoms with E-state index in [0.29, 0.717) is 42.3 Å². The number of hydrogen-bond donors (Lipinski definition) is 1. The maximum absolute atomic E-state index is 11.5. The first-order valence-corrected chi connectivity index (χ1v) is 9.17. The first-order chi connectivity index (χ1) is 10.3. The lowest BCUT2D eigenvalue weighted by Gasteiger charge is -2.30. The highest BCUT2D eigenvalue weighted by Gasteiger charge is 2.26. The number of piperidine rings is 1. The van der Waals surface area contributed by atoms with Crippen LogP contribution in [0.3, 0.4) is 0 Å². The molecule has 1 heterocycles. The molecule has 6 nitrogen and oxygen atoms in total. The van der Waals surface area contributed by atoms with Crippen LogP contribution in [0, 0.1) is 0 Å². The van der Waals surface area contributed by atoms with Crippen LogP contribution in [-0.2, 0) is 10.0 Å². The summed E-state index contributed by atoms with van der Waals surface area (Å²) < 4.78 is 30.2. The van der Waals surface area contributed by atoms with Crippen molar-refractivity contribution in [3.8, 4) is 5.75 Å². The number of halogens is 1. The second kappa shape index (κ2) is 6.85. The van der Waals surface area contributed by atoms with Gasteiger partial charge >= 0.3 is 0 Å². The van der Waals surface area contributed by atoms with Crippen molar-refractivity contribution in [3.05, 3.63) is 28.8 Å². The lowest BCUT2D eigenvalue weighted by Crippen LogP contribution is -2.41. The largest absolute Gasteiger partial charge is 0.489 e. The van der Waals surface area contributed by atoms with Crippen molar-refractivity contribution in [1.82, 2.24) is 9.62 Å². The van der Waals surface area contributed by atoms with E-state index in [1.165, 1.54) is 10.6 Å². The minimum atomic E-state index is -3.14. The van der Waals surface area contributed by atoms with Gasteiger partial charge in [-0.2, -0.15) is 0 Å². The Balaban J connectivity index is 1.99. The fourth-order valence-electron chi connectivity index (χ4n) is 2.34. The van der Waals surface area contributed by atoms with E-state index < -0.39 is 10.0 Å². The molecule has 0 aliphatic carbocycles. The van der Waals surface area contributed by atoms with E-state index in [4.69, 9.17) is 16.3 Å². The molecule has 1 amide bonds. The Morgan fingerprint density at radius 1 is 1.36 bits per heavy atom. The van der Waals surface area contributed by atoms with Gasteiger partial charge in [-0.3, -0.25) is 4.79 Å². The molecule has 2 rings (SSSR count). The summed E-state index contributed by atoms with van der Waals surface area (Å²) in [4.78, 5) is 11.5. The van der Waals surface area contributed by atoms with Gasteiger partial charge in [0, 0.05) is 25.7 Å². The van der Waals surface area contributed by atoms with E-state index in [-0.39, 0.29) is 12.0 Å². The Morgan fingerprint density at radius 3 is 2.50 bits per heavy atom. The highest BCUT2D eigenvalue weighted by molar-refractivity contribution is 7.88. The van der Waals surface area contributed by atoms with Crippen molar-refractivity contribution in [2.75, 3.05) is 26.4 Å². The molecule has 0 atom stereocenters. The normalized spacial score (nSPS) is 17.2. The van der Waals surface area contributed by atoms with E-state index >= 15 is 0 Å². The van der Waals surface area contributed by atoms with Crippen molar-refractivity contribution in [1.29, 1.82) is 0 Å². The van der Waals surface area contributed by atoms with E-state index in [2.05, 4.69) is 5.32 Å². The SMILES string of the molecule is CNC(=O)c1ccc(OC2CCN(S(C)(=O)=O)CC2)c(Cl)c1. The molecule has 0 saturated carbocycles. The zero-order valence-electron chi connectivity index (χ0n) is 12.5. The van der Waals surface area contributed by atoms with Gasteiger partial charge < -0.3 is 10.1 Å². The van der Waals surface area contributed by atoms with Gasteiger partial charge in [0.15, 0.2) is 0 Å². The summed E-state index contributed by atoms with van der Waals surface area (Å²) in [6.07, 6.45) is 2.35. The summed E-state index contributed by atoms with van der Waals surface area (Å²) in [6.45, 7) is 0.884. The van der Waals surface area contributed by atoms with Gasteiger partial charge in [0.05, 0.1) is 11.3 Å². The number of nitrogens with one attached hydrogen (secondary N) is 1. The predicted octanol–water partition coefficient (Wildman–Crippen LogP) is 1.50. The van der Waals surface area contributed by atoms with Crippen LogP contribution in [0.1, 0.15) is 23.2 Å². The molecule has 1 aliphatic heterocycles. The summed E-state index contributed by atoms with van der Waals surface area (Å²) in [5.74, 6) is 0.294. The van der Waals surface area contributed by atoms with Crippen LogP contribution in [-0.4, -0.2) is 51.1 Å². The van der Waals surface area contributed by atoms with Crippen molar-refractivity contribution in [2.45, 2.75) is 18.9 Å². The van der Waals surface area contributed by atoms with Gasteiger partial charge in [-0.05, 0) is 31.0 Å². The van der Waals surface area contributed by atoms with Crippen molar-refractivity contribution >= 4 is 27.5 Å². The highest BCUT2D eigenvalue weighted by atomic mass is 35.5. The number of carbonyl (C=O) groups is 1. The van der Waals surface area contributed by atoms with Gasteiger partial charge in [-0.1, -0.05) is 11.6 Å². The van der Waals surface area contributed by atoms with Crippen LogP contribution >= 0.6 is 11.6 Å². The Labute approximate surface area is 135 Å². The number of carbonyl (C=O) groups excluding carboxylic acids is 1. The zero-order valence-corrected chi connectivity index (χ0v) is 14.1. The van der Waals surface area contributed by atoms with Gasteiger partial charge in [-0.25, -0.2) is 12.7 Å². The van der Waals surface area contributed by atoms with E-state index in [9.17, 15) is 13.2 Å². The molecule has 1 fully saturated rings. The topological polar surface area (TPSA) is 75.7 Å². The van der Waals surface area contributed by atoms with Gasteiger partial charge in [0.25, 0.3) is 5.91 Å². The van der Waals surface area contributed by atoms with Crippen LogP contribution in [0.15, 0.2) is 18.2 Å². The molecule has 0 spiro atoms. The van der Waals surface area contributed by atoms with Crippen LogP contribution in [0.4, 0.5) is 0 Å². The third kappa shape index (κ3) is 4.12. The Hall–Kier alpha value is -1.31. The fraction of sp³-hybridized carbons (Fsp3) is 0.500. The quantitative estimate of drug-likeness (QED) is 0.896. The third-order valence-electron chi connectivity index (χ3n) is 3.58. The van der Waals surface area contributed by atoms with Gasteiger partial charge in [0.1, 0.15) is 11.9 Å². The summed E-state index contributed by atoms with van der Waals surface area (Å²) in [5, 5.41) is 2.89. The van der Waals surface area contributed by atoms with Crippen molar-refractivity contribution in [2.24, 2.45) is 0 Å². The maximum atomic E-state index is 11.5. The minimum Gasteiger partial charge on any atom is -0.489 e. The van der Waals surface area contributed by atoms with Gasteiger partial charge in [0.2, 0.25) is 10.0 Å². The number of rotatable bonds is 4. The second-order valence-electron chi connectivity index (χ2n) is 5.20. The highest BCUT2D eigenvalue weighted by Crippen LogP contribution is 2.28. The van der Waals surface area contributed by atoms with Crippen LogP contribution in [0.5, 0.6) is 5.75 Å². The Kier molecular flexibility index (Phi) is 5.31. The lowest BCUT2D eigenvalue weighted by molar-refractivity contribution is 0.0963. The zero-order chi connectivity index (χ0) is 16.3. The smallest absolute Gasteiger partial charge is 0.251 e. The lowest BCUT2D eigenvalue weighted by atomic mass is 10.1. The number of ether oxygens (including phenoxy) is 1. The molecule has 1 aromatic carbocycles. The molecule has 1 aliphatic rings. The fourth-order valence-corrected chi connectivity index (χ4v) is 3.44. The van der Waals surface area contributed by atoms with E-state index in [1.807, 2.05) is 0 Å². The molecule has 22 heavy (non-hydrogen) atoms. The van der Waals surface area contributed by atoms with Crippen LogP contribution in [0.2, 0.25) is 5.02 Å². The predicted molar refractivity (Wildman–Crippen MR) is 84.9 cm³/mol. The molecule has 0 bridgehead atoms. The number of hydrogen-bond acceptors (Lipinski definition) is 4. The summed E-state index contributed by atoms with van der Waals surface area (Å²) in [5.41, 5.74) is 0.465. The Morgan fingerprint density at radius 2 is 2.00 bits per heavy atom. The first kappa shape index (κ1) is 17.1. The molecule has 0 aromatic heterocycles. The maximum Gasteiger partial charge on any atom is 0.251 e. The van der Waals surface area contributed by atoms with E-state index in [1.54, 1.807) is 25.2 Å². The summed E-state index contributed by atoms with van der Waals surface area (Å²) in [6, 6.07) is 4.86. The molecule has 8 heteroatoms. The van der Waals surface area contributed by atoms with Crippen molar-refractivity contribution in [3.63, 3.8) is 0 Å². The molecule has 1 N–H and O–H groups in total. The van der Waals surface area contributed by atoms with E-state index in [0.717, 1.165) is 0 Å². The van der Waals surface area contributed by atoms with Gasteiger partial charge in [-0.15, -0.1) is 0 Å². The summed E-state index contributed by atoms with van der Waals surface area (Å²) >= 11 is 6.14. The van der Waals surface area contributed by atoms with Crippen LogP contribution < -0.4 is 10.1 Å². The number of nitrogens with zero attached hydrogens (tertiary/aromatic N) is 1. The molecule has 0 unspecified atom stereocenters. The average Bonchev–Trinajstić information content (AvgIpc) is 2.48. The number of benzene rings is 1. The van der Waals surface area contributed by atoms with Crippen LogP contribution in [0.25, 0.3) is 0 Å².